The first-order chi connectivity index (χ1) is 15.7. The minimum atomic E-state index is -0.565. The van der Waals surface area contributed by atoms with Crippen LogP contribution in [0.1, 0.15) is 33.6 Å². The van der Waals surface area contributed by atoms with E-state index in [1.54, 1.807) is 20.8 Å². The number of aldehydes is 1. The van der Waals surface area contributed by atoms with Crippen molar-refractivity contribution in [3.63, 3.8) is 0 Å². The molecule has 2 aromatic rings. The van der Waals surface area contributed by atoms with Crippen LogP contribution in [-0.2, 0) is 9.53 Å². The van der Waals surface area contributed by atoms with Crippen molar-refractivity contribution in [2.75, 3.05) is 45.1 Å². The van der Waals surface area contributed by atoms with E-state index >= 15 is 0 Å². The molecule has 1 aromatic heterocycles. The summed E-state index contributed by atoms with van der Waals surface area (Å²) in [5, 5.41) is 8.37. The fourth-order valence-electron chi connectivity index (χ4n) is 3.25. The molecule has 9 heteroatoms. The van der Waals surface area contributed by atoms with Gasteiger partial charge in [0, 0.05) is 54.1 Å². The third-order valence-electron chi connectivity index (χ3n) is 5.10. The number of carbonyl (C=O) groups is 2. The Bertz CT molecular complexity index is 937. The Labute approximate surface area is 200 Å². The summed E-state index contributed by atoms with van der Waals surface area (Å²) >= 11 is 1.89. The van der Waals surface area contributed by atoms with Gasteiger partial charge in [-0.3, -0.25) is 0 Å². The number of benzene rings is 1. The van der Waals surface area contributed by atoms with Crippen molar-refractivity contribution in [3.05, 3.63) is 30.5 Å². The zero-order valence-corrected chi connectivity index (χ0v) is 20.8. The molecule has 1 aliphatic heterocycles. The lowest BCUT2D eigenvalue weighted by Gasteiger charge is -2.31. The molecule has 0 unspecified atom stereocenters. The number of anilines is 1. The Hall–Kier alpha value is -2.36. The van der Waals surface area contributed by atoms with Crippen LogP contribution in [0, 0.1) is 0 Å². The van der Waals surface area contributed by atoms with Crippen molar-refractivity contribution in [2.24, 2.45) is 0 Å². The SMILES string of the molecule is CC(C)(C)OC(=O)NCC=O.CN1CCN(Sc2cccc3c(NC4CC4)nccc23)CC1. The van der Waals surface area contributed by atoms with Crippen molar-refractivity contribution in [1.82, 2.24) is 19.5 Å². The van der Waals surface area contributed by atoms with Gasteiger partial charge in [-0.25, -0.2) is 14.1 Å². The monoisotopic (exact) mass is 473 g/mol. The van der Waals surface area contributed by atoms with Crippen LogP contribution in [0.5, 0.6) is 0 Å². The van der Waals surface area contributed by atoms with Crippen molar-refractivity contribution in [2.45, 2.75) is 50.2 Å². The fraction of sp³-hybridized carbons (Fsp3) is 0.542. The molecule has 1 saturated carbocycles. The van der Waals surface area contributed by atoms with E-state index in [1.807, 2.05) is 18.1 Å². The van der Waals surface area contributed by atoms with Gasteiger partial charge in [-0.2, -0.15) is 0 Å². The second-order valence-corrected chi connectivity index (χ2v) is 10.4. The van der Waals surface area contributed by atoms with Crippen molar-refractivity contribution >= 4 is 40.9 Å². The van der Waals surface area contributed by atoms with Crippen molar-refractivity contribution in [1.29, 1.82) is 0 Å². The number of hydrogen-bond donors (Lipinski definition) is 2. The third kappa shape index (κ3) is 8.49. The predicted molar refractivity (Wildman–Crippen MR) is 134 cm³/mol. The summed E-state index contributed by atoms with van der Waals surface area (Å²) in [5.41, 5.74) is -0.507. The summed E-state index contributed by atoms with van der Waals surface area (Å²) in [4.78, 5) is 28.8. The second-order valence-electron chi connectivity index (χ2n) is 9.30. The molecule has 180 valence electrons. The quantitative estimate of drug-likeness (QED) is 0.484. The maximum absolute atomic E-state index is 10.7. The molecule has 1 aromatic carbocycles. The summed E-state index contributed by atoms with van der Waals surface area (Å²) in [5.74, 6) is 1.04. The molecule has 0 radical (unpaired) electrons. The normalized spacial score (nSPS) is 17.1. The molecule has 1 amide bonds. The van der Waals surface area contributed by atoms with E-state index in [0.29, 0.717) is 12.3 Å². The summed E-state index contributed by atoms with van der Waals surface area (Å²) in [6.07, 6.45) is 4.51. The fourth-order valence-corrected chi connectivity index (χ4v) is 4.29. The molecule has 2 N–H and O–H groups in total. The number of carbonyl (C=O) groups excluding carboxylic acids is 2. The number of piperazine rings is 1. The number of aromatic nitrogens is 1. The second kappa shape index (κ2) is 11.7. The van der Waals surface area contributed by atoms with E-state index in [9.17, 15) is 9.59 Å². The van der Waals surface area contributed by atoms with E-state index in [-0.39, 0.29) is 6.54 Å². The number of nitrogens with one attached hydrogen (secondary N) is 2. The van der Waals surface area contributed by atoms with Gasteiger partial charge in [0.25, 0.3) is 0 Å². The zero-order valence-electron chi connectivity index (χ0n) is 20.0. The Morgan fingerprint density at radius 2 is 1.91 bits per heavy atom. The molecule has 1 saturated heterocycles. The van der Waals surface area contributed by atoms with Crippen molar-refractivity contribution in [3.8, 4) is 0 Å². The van der Waals surface area contributed by atoms with Crippen LogP contribution in [0.3, 0.4) is 0 Å². The molecule has 4 rings (SSSR count). The molecular formula is C24H35N5O3S. The molecule has 0 atom stereocenters. The first-order valence-electron chi connectivity index (χ1n) is 11.4. The topological polar surface area (TPSA) is 86.8 Å². The van der Waals surface area contributed by atoms with Crippen LogP contribution in [0.2, 0.25) is 0 Å². The molecule has 8 nitrogen and oxygen atoms in total. The third-order valence-corrected chi connectivity index (χ3v) is 6.28. The van der Waals surface area contributed by atoms with Gasteiger partial charge in [0.1, 0.15) is 17.7 Å². The number of nitrogens with zero attached hydrogens (tertiary/aromatic N) is 3. The number of amides is 1. The van der Waals surface area contributed by atoms with Gasteiger partial charge in [0.2, 0.25) is 0 Å². The lowest BCUT2D eigenvalue weighted by molar-refractivity contribution is -0.107. The first kappa shape index (κ1) is 25.3. The minimum absolute atomic E-state index is 0.00505. The maximum Gasteiger partial charge on any atom is 0.408 e. The van der Waals surface area contributed by atoms with Gasteiger partial charge in [0.05, 0.1) is 6.54 Å². The highest BCUT2D eigenvalue weighted by molar-refractivity contribution is 7.97. The summed E-state index contributed by atoms with van der Waals surface area (Å²) < 4.78 is 7.31. The maximum atomic E-state index is 10.7. The van der Waals surface area contributed by atoms with Gasteiger partial charge in [-0.05, 0) is 64.7 Å². The number of rotatable bonds is 6. The van der Waals surface area contributed by atoms with Gasteiger partial charge >= 0.3 is 6.09 Å². The summed E-state index contributed by atoms with van der Waals surface area (Å²) in [6.45, 7) is 9.80. The average Bonchev–Trinajstić information content (AvgIpc) is 3.58. The Morgan fingerprint density at radius 3 is 2.55 bits per heavy atom. The molecule has 33 heavy (non-hydrogen) atoms. The molecule has 0 spiro atoms. The van der Waals surface area contributed by atoms with Crippen LogP contribution in [-0.4, -0.2) is 78.0 Å². The molecule has 2 fully saturated rings. The van der Waals surface area contributed by atoms with Crippen LogP contribution in [0.4, 0.5) is 10.6 Å². The van der Waals surface area contributed by atoms with E-state index in [1.165, 1.54) is 28.5 Å². The van der Waals surface area contributed by atoms with Crippen LogP contribution < -0.4 is 10.6 Å². The minimum Gasteiger partial charge on any atom is -0.444 e. The van der Waals surface area contributed by atoms with E-state index < -0.39 is 11.7 Å². The number of fused-ring (bicyclic) bond motifs is 1. The van der Waals surface area contributed by atoms with Gasteiger partial charge < -0.3 is 25.1 Å². The van der Waals surface area contributed by atoms with Crippen LogP contribution in [0.25, 0.3) is 10.8 Å². The number of alkyl carbamates (subject to hydrolysis) is 1. The average molecular weight is 474 g/mol. The smallest absolute Gasteiger partial charge is 0.408 e. The van der Waals surface area contributed by atoms with Crippen LogP contribution >= 0.6 is 11.9 Å². The Morgan fingerprint density at radius 1 is 1.18 bits per heavy atom. The number of hydrogen-bond acceptors (Lipinski definition) is 8. The van der Waals surface area contributed by atoms with E-state index in [4.69, 9.17) is 4.74 Å². The number of likely N-dealkylation sites (N-methyl/N-ethyl adjacent to an activating group) is 1. The molecule has 0 bridgehead atoms. The molecule has 2 aliphatic rings. The Balaban J connectivity index is 0.000000239. The van der Waals surface area contributed by atoms with E-state index in [0.717, 1.165) is 32.0 Å². The largest absolute Gasteiger partial charge is 0.444 e. The highest BCUT2D eigenvalue weighted by atomic mass is 32.2. The summed E-state index contributed by atoms with van der Waals surface area (Å²) in [7, 11) is 2.20. The zero-order chi connectivity index (χ0) is 23.8. The molecule has 2 heterocycles. The predicted octanol–water partition coefficient (Wildman–Crippen LogP) is 3.77. The lowest BCUT2D eigenvalue weighted by Crippen LogP contribution is -2.40. The van der Waals surface area contributed by atoms with Crippen molar-refractivity contribution < 1.29 is 14.3 Å². The van der Waals surface area contributed by atoms with Gasteiger partial charge in [-0.15, -0.1) is 0 Å². The standard InChI is InChI=1S/C17H22N4S.C7H13NO3/c1-20-9-11-21(12-10-20)22-16-4-2-3-15-14(16)7-8-18-17(15)19-13-5-6-13;1-7(2,3)11-6(10)8-4-5-9/h2-4,7-8,13H,5-6,9-12H2,1H3,(H,18,19);5H,4H2,1-3H3,(H,8,10). The van der Waals surface area contributed by atoms with Gasteiger partial charge in [-0.1, -0.05) is 12.1 Å². The lowest BCUT2D eigenvalue weighted by atomic mass is 10.1. The van der Waals surface area contributed by atoms with E-state index in [2.05, 4.69) is 56.1 Å². The summed E-state index contributed by atoms with van der Waals surface area (Å²) in [6, 6.07) is 9.34. The number of pyridine rings is 1. The Kier molecular flexibility index (Phi) is 8.94. The molecule has 1 aliphatic carbocycles. The molecular weight excluding hydrogens is 438 g/mol. The first-order valence-corrected chi connectivity index (χ1v) is 12.2. The highest BCUT2D eigenvalue weighted by Crippen LogP contribution is 2.34. The number of ether oxygens (including phenoxy) is 1. The van der Waals surface area contributed by atoms with Gasteiger partial charge in [0.15, 0.2) is 0 Å². The van der Waals surface area contributed by atoms with Crippen LogP contribution in [0.15, 0.2) is 35.4 Å². The highest BCUT2D eigenvalue weighted by Gasteiger charge is 2.22.